The van der Waals surface area contributed by atoms with Crippen molar-refractivity contribution in [1.29, 1.82) is 0 Å². The first-order valence-corrected chi connectivity index (χ1v) is 7.18. The summed E-state index contributed by atoms with van der Waals surface area (Å²) in [4.78, 5) is 12.4. The second-order valence-corrected chi connectivity index (χ2v) is 5.48. The van der Waals surface area contributed by atoms with Crippen molar-refractivity contribution in [3.05, 3.63) is 0 Å². The molecule has 0 N–H and O–H groups in total. The summed E-state index contributed by atoms with van der Waals surface area (Å²) < 4.78 is 11.0. The van der Waals surface area contributed by atoms with Crippen molar-refractivity contribution < 1.29 is 14.3 Å². The van der Waals surface area contributed by atoms with E-state index in [0.717, 1.165) is 12.8 Å². The lowest BCUT2D eigenvalue weighted by Gasteiger charge is -2.38. The maximum atomic E-state index is 12.4. The van der Waals surface area contributed by atoms with Gasteiger partial charge < -0.3 is 9.47 Å². The lowest BCUT2D eigenvalue weighted by molar-refractivity contribution is -0.168. The van der Waals surface area contributed by atoms with Gasteiger partial charge in [0.15, 0.2) is 0 Å². The third-order valence-electron chi connectivity index (χ3n) is 3.72. The minimum Gasteiger partial charge on any atom is -0.465 e. The first kappa shape index (κ1) is 17.4. The standard InChI is InChI=1S/C15H30O3/c1-7-9-10-18-14(16)15(12(3)4,13(5)6)11-17-8-2/h12-13H,7-11H2,1-6H3. The highest BCUT2D eigenvalue weighted by Crippen LogP contribution is 2.37. The van der Waals surface area contributed by atoms with Gasteiger partial charge in [-0.25, -0.2) is 0 Å². The Bertz CT molecular complexity index is 226. The molecule has 0 saturated carbocycles. The third kappa shape index (κ3) is 4.27. The molecule has 0 aliphatic heterocycles. The number of hydrogen-bond donors (Lipinski definition) is 0. The van der Waals surface area contributed by atoms with Gasteiger partial charge in [-0.2, -0.15) is 0 Å². The van der Waals surface area contributed by atoms with Crippen LogP contribution in [0.3, 0.4) is 0 Å². The van der Waals surface area contributed by atoms with Crippen LogP contribution in [0.5, 0.6) is 0 Å². The fraction of sp³-hybridized carbons (Fsp3) is 0.933. The van der Waals surface area contributed by atoms with Crippen LogP contribution >= 0.6 is 0 Å². The first-order valence-electron chi connectivity index (χ1n) is 7.18. The Morgan fingerprint density at radius 2 is 1.67 bits per heavy atom. The van der Waals surface area contributed by atoms with Gasteiger partial charge in [-0.05, 0) is 25.2 Å². The SMILES string of the molecule is CCCCOC(=O)C(COCC)(C(C)C)C(C)C. The summed E-state index contributed by atoms with van der Waals surface area (Å²) in [6, 6.07) is 0. The fourth-order valence-corrected chi connectivity index (χ4v) is 2.24. The van der Waals surface area contributed by atoms with E-state index >= 15 is 0 Å². The van der Waals surface area contributed by atoms with Crippen molar-refractivity contribution in [2.24, 2.45) is 17.3 Å². The molecule has 3 heteroatoms. The van der Waals surface area contributed by atoms with Crippen molar-refractivity contribution in [3.8, 4) is 0 Å². The van der Waals surface area contributed by atoms with E-state index in [2.05, 4.69) is 34.6 Å². The maximum absolute atomic E-state index is 12.4. The third-order valence-corrected chi connectivity index (χ3v) is 3.72. The minimum absolute atomic E-state index is 0.102. The molecule has 0 aliphatic carbocycles. The van der Waals surface area contributed by atoms with Crippen molar-refractivity contribution >= 4 is 5.97 Å². The van der Waals surface area contributed by atoms with Gasteiger partial charge in [-0.15, -0.1) is 0 Å². The average molecular weight is 258 g/mol. The molecule has 0 aromatic rings. The first-order chi connectivity index (χ1) is 8.43. The molecule has 0 aliphatic rings. The molecular weight excluding hydrogens is 228 g/mol. The van der Waals surface area contributed by atoms with E-state index < -0.39 is 5.41 Å². The van der Waals surface area contributed by atoms with E-state index in [1.165, 1.54) is 0 Å². The summed E-state index contributed by atoms with van der Waals surface area (Å²) >= 11 is 0. The molecule has 0 heterocycles. The zero-order chi connectivity index (χ0) is 14.2. The summed E-state index contributed by atoms with van der Waals surface area (Å²) in [5.74, 6) is 0.311. The van der Waals surface area contributed by atoms with Gasteiger partial charge in [0.05, 0.1) is 18.6 Å². The van der Waals surface area contributed by atoms with Crippen LogP contribution in [-0.2, 0) is 14.3 Å². The molecular formula is C15H30O3. The Balaban J connectivity index is 4.86. The van der Waals surface area contributed by atoms with Gasteiger partial charge in [-0.3, -0.25) is 4.79 Å². The number of rotatable bonds is 9. The van der Waals surface area contributed by atoms with Gasteiger partial charge in [-0.1, -0.05) is 41.0 Å². The minimum atomic E-state index is -0.524. The van der Waals surface area contributed by atoms with E-state index in [9.17, 15) is 4.79 Å². The molecule has 0 radical (unpaired) electrons. The van der Waals surface area contributed by atoms with Crippen LogP contribution in [0.25, 0.3) is 0 Å². The molecule has 18 heavy (non-hydrogen) atoms. The molecule has 0 aromatic heterocycles. The van der Waals surface area contributed by atoms with Crippen LogP contribution in [-0.4, -0.2) is 25.8 Å². The summed E-state index contributed by atoms with van der Waals surface area (Å²) in [5.41, 5.74) is -0.524. The van der Waals surface area contributed by atoms with Crippen LogP contribution in [0.4, 0.5) is 0 Å². The van der Waals surface area contributed by atoms with Crippen molar-refractivity contribution in [1.82, 2.24) is 0 Å². The molecule has 0 rings (SSSR count). The molecule has 0 unspecified atom stereocenters. The number of unbranched alkanes of at least 4 members (excludes halogenated alkanes) is 1. The smallest absolute Gasteiger partial charge is 0.314 e. The lowest BCUT2D eigenvalue weighted by atomic mass is 9.69. The molecule has 0 atom stereocenters. The average Bonchev–Trinajstić information content (AvgIpc) is 2.29. The molecule has 0 fully saturated rings. The normalized spacial score (nSPS) is 12.2. The Morgan fingerprint density at radius 1 is 1.11 bits per heavy atom. The summed E-state index contributed by atoms with van der Waals surface area (Å²) in [6.07, 6.45) is 1.96. The van der Waals surface area contributed by atoms with Crippen molar-refractivity contribution in [2.75, 3.05) is 19.8 Å². The van der Waals surface area contributed by atoms with Crippen molar-refractivity contribution in [2.45, 2.75) is 54.4 Å². The molecule has 0 bridgehead atoms. The number of ether oxygens (including phenoxy) is 2. The molecule has 108 valence electrons. The zero-order valence-electron chi connectivity index (χ0n) is 12.9. The number of carbonyl (C=O) groups excluding carboxylic acids is 1. The number of hydrogen-bond acceptors (Lipinski definition) is 3. The second kappa shape index (κ2) is 8.52. The van der Waals surface area contributed by atoms with Gasteiger partial charge in [0, 0.05) is 6.61 Å². The maximum Gasteiger partial charge on any atom is 0.314 e. The molecule has 0 amide bonds. The largest absolute Gasteiger partial charge is 0.465 e. The summed E-state index contributed by atoms with van der Waals surface area (Å²) in [7, 11) is 0. The second-order valence-electron chi connectivity index (χ2n) is 5.48. The Morgan fingerprint density at radius 3 is 2.06 bits per heavy atom. The zero-order valence-corrected chi connectivity index (χ0v) is 12.9. The van der Waals surface area contributed by atoms with E-state index in [1.807, 2.05) is 6.92 Å². The topological polar surface area (TPSA) is 35.5 Å². The van der Waals surface area contributed by atoms with Crippen LogP contribution in [0.2, 0.25) is 0 Å². The summed E-state index contributed by atoms with van der Waals surface area (Å²) in [6.45, 7) is 13.9. The Kier molecular flexibility index (Phi) is 8.25. The van der Waals surface area contributed by atoms with Crippen LogP contribution in [0.1, 0.15) is 54.4 Å². The molecule has 0 spiro atoms. The quantitative estimate of drug-likeness (QED) is 0.467. The predicted molar refractivity (Wildman–Crippen MR) is 74.5 cm³/mol. The van der Waals surface area contributed by atoms with Crippen LogP contribution in [0, 0.1) is 17.3 Å². The molecule has 3 nitrogen and oxygen atoms in total. The lowest BCUT2D eigenvalue weighted by Crippen LogP contribution is -2.46. The van der Waals surface area contributed by atoms with Gasteiger partial charge >= 0.3 is 5.97 Å². The highest BCUT2D eigenvalue weighted by Gasteiger charge is 2.46. The predicted octanol–water partition coefficient (Wildman–Crippen LogP) is 3.66. The molecule has 0 saturated heterocycles. The van der Waals surface area contributed by atoms with Gasteiger partial charge in [0.25, 0.3) is 0 Å². The monoisotopic (exact) mass is 258 g/mol. The van der Waals surface area contributed by atoms with Gasteiger partial charge in [0.2, 0.25) is 0 Å². The van der Waals surface area contributed by atoms with E-state index in [4.69, 9.17) is 9.47 Å². The van der Waals surface area contributed by atoms with E-state index in [1.54, 1.807) is 0 Å². The fourth-order valence-electron chi connectivity index (χ4n) is 2.24. The Labute approximate surface area is 112 Å². The number of carbonyl (C=O) groups is 1. The Hall–Kier alpha value is -0.570. The van der Waals surface area contributed by atoms with E-state index in [0.29, 0.717) is 19.8 Å². The van der Waals surface area contributed by atoms with Crippen molar-refractivity contribution in [3.63, 3.8) is 0 Å². The van der Waals surface area contributed by atoms with Crippen LogP contribution in [0.15, 0.2) is 0 Å². The van der Waals surface area contributed by atoms with Gasteiger partial charge in [0.1, 0.15) is 0 Å². The van der Waals surface area contributed by atoms with Crippen LogP contribution < -0.4 is 0 Å². The summed E-state index contributed by atoms with van der Waals surface area (Å²) in [5, 5.41) is 0. The highest BCUT2D eigenvalue weighted by molar-refractivity contribution is 5.77. The molecule has 0 aromatic carbocycles. The number of esters is 1. The highest BCUT2D eigenvalue weighted by atomic mass is 16.5. The van der Waals surface area contributed by atoms with E-state index in [-0.39, 0.29) is 17.8 Å².